The summed E-state index contributed by atoms with van der Waals surface area (Å²) in [4.78, 5) is 26.3. The standard InChI is InChI=1S/C17H23NO3/c1-3-17(4-2)11-15(20)18(16(17)21)14(12-19)10-13-8-6-5-7-9-13/h5-9,14,19H,3-4,10-12H2,1-2H3/t14-/m0/s1. The molecule has 0 saturated carbocycles. The molecule has 1 aromatic rings. The number of aliphatic hydroxyl groups excluding tert-OH is 1. The Morgan fingerprint density at radius 2 is 1.81 bits per heavy atom. The number of rotatable bonds is 6. The molecule has 0 unspecified atom stereocenters. The van der Waals surface area contributed by atoms with Crippen molar-refractivity contribution in [2.45, 2.75) is 45.6 Å². The molecule has 1 atom stereocenters. The van der Waals surface area contributed by atoms with Crippen LogP contribution in [0.25, 0.3) is 0 Å². The van der Waals surface area contributed by atoms with Gasteiger partial charge in [-0.05, 0) is 24.8 Å². The van der Waals surface area contributed by atoms with Crippen molar-refractivity contribution in [1.29, 1.82) is 0 Å². The summed E-state index contributed by atoms with van der Waals surface area (Å²) in [5, 5.41) is 9.65. The molecule has 1 heterocycles. The Kier molecular flexibility index (Phi) is 4.78. The molecule has 2 amide bonds. The van der Waals surface area contributed by atoms with Crippen molar-refractivity contribution in [3.63, 3.8) is 0 Å². The van der Waals surface area contributed by atoms with E-state index in [4.69, 9.17) is 0 Å². The van der Waals surface area contributed by atoms with Gasteiger partial charge < -0.3 is 5.11 Å². The number of carbonyl (C=O) groups is 2. The molecule has 4 nitrogen and oxygen atoms in total. The van der Waals surface area contributed by atoms with Crippen LogP contribution in [0.3, 0.4) is 0 Å². The van der Waals surface area contributed by atoms with E-state index in [9.17, 15) is 14.7 Å². The summed E-state index contributed by atoms with van der Waals surface area (Å²) in [6.45, 7) is 3.70. The molecule has 0 aromatic heterocycles. The second kappa shape index (κ2) is 6.39. The third kappa shape index (κ3) is 2.86. The maximum atomic E-state index is 12.7. The lowest BCUT2D eigenvalue weighted by Gasteiger charge is -2.28. The van der Waals surface area contributed by atoms with Gasteiger partial charge in [-0.25, -0.2) is 0 Å². The average Bonchev–Trinajstić information content (AvgIpc) is 2.77. The lowest BCUT2D eigenvalue weighted by Crippen LogP contribution is -2.45. The van der Waals surface area contributed by atoms with Crippen LogP contribution in [0, 0.1) is 5.41 Å². The number of amides is 2. The molecule has 1 aliphatic heterocycles. The largest absolute Gasteiger partial charge is 0.394 e. The van der Waals surface area contributed by atoms with E-state index in [1.807, 2.05) is 44.2 Å². The number of benzene rings is 1. The molecule has 1 aliphatic rings. The minimum atomic E-state index is -0.568. The molecule has 114 valence electrons. The third-order valence-electron chi connectivity index (χ3n) is 4.67. The molecule has 0 spiro atoms. The van der Waals surface area contributed by atoms with Crippen LogP contribution >= 0.6 is 0 Å². The van der Waals surface area contributed by atoms with Gasteiger partial charge in [-0.15, -0.1) is 0 Å². The average molecular weight is 289 g/mol. The molecular weight excluding hydrogens is 266 g/mol. The van der Waals surface area contributed by atoms with Crippen LogP contribution in [0.2, 0.25) is 0 Å². The van der Waals surface area contributed by atoms with Gasteiger partial charge in [-0.3, -0.25) is 14.5 Å². The van der Waals surface area contributed by atoms with E-state index < -0.39 is 11.5 Å². The van der Waals surface area contributed by atoms with Gasteiger partial charge in [0.2, 0.25) is 11.8 Å². The van der Waals surface area contributed by atoms with Crippen LogP contribution in [0.1, 0.15) is 38.7 Å². The van der Waals surface area contributed by atoms with E-state index in [0.29, 0.717) is 19.3 Å². The first-order valence-corrected chi connectivity index (χ1v) is 7.59. The van der Waals surface area contributed by atoms with Crippen LogP contribution in [0.5, 0.6) is 0 Å². The molecule has 0 radical (unpaired) electrons. The Balaban J connectivity index is 2.22. The first kappa shape index (κ1) is 15.7. The van der Waals surface area contributed by atoms with E-state index in [-0.39, 0.29) is 24.8 Å². The molecule has 1 fully saturated rings. The Bertz CT molecular complexity index is 508. The first-order valence-electron chi connectivity index (χ1n) is 7.59. The van der Waals surface area contributed by atoms with Crippen LogP contribution in [0.4, 0.5) is 0 Å². The number of nitrogens with zero attached hydrogens (tertiary/aromatic N) is 1. The quantitative estimate of drug-likeness (QED) is 0.816. The van der Waals surface area contributed by atoms with Crippen LogP contribution < -0.4 is 0 Å². The Hall–Kier alpha value is -1.68. The number of carbonyl (C=O) groups excluding carboxylic acids is 2. The van der Waals surface area contributed by atoms with Crippen molar-refractivity contribution in [3.05, 3.63) is 35.9 Å². The smallest absolute Gasteiger partial charge is 0.236 e. The van der Waals surface area contributed by atoms with E-state index in [1.165, 1.54) is 4.90 Å². The van der Waals surface area contributed by atoms with Crippen molar-refractivity contribution in [2.24, 2.45) is 5.41 Å². The highest BCUT2D eigenvalue weighted by atomic mass is 16.3. The molecule has 0 aliphatic carbocycles. The number of imide groups is 1. The lowest BCUT2D eigenvalue weighted by molar-refractivity contribution is -0.145. The summed E-state index contributed by atoms with van der Waals surface area (Å²) in [6, 6.07) is 9.18. The fourth-order valence-electron chi connectivity index (χ4n) is 3.11. The van der Waals surface area contributed by atoms with Crippen molar-refractivity contribution in [3.8, 4) is 0 Å². The van der Waals surface area contributed by atoms with Gasteiger partial charge in [0.15, 0.2) is 0 Å². The summed E-state index contributed by atoms with van der Waals surface area (Å²) < 4.78 is 0. The van der Waals surface area contributed by atoms with Gasteiger partial charge in [0.05, 0.1) is 18.1 Å². The minimum absolute atomic E-state index is 0.118. The van der Waals surface area contributed by atoms with Crippen molar-refractivity contribution in [2.75, 3.05) is 6.61 Å². The van der Waals surface area contributed by atoms with Gasteiger partial charge in [0.1, 0.15) is 0 Å². The molecule has 4 heteroatoms. The van der Waals surface area contributed by atoms with Gasteiger partial charge in [-0.1, -0.05) is 44.2 Å². The Morgan fingerprint density at radius 1 is 1.19 bits per heavy atom. The fourth-order valence-corrected chi connectivity index (χ4v) is 3.11. The zero-order chi connectivity index (χ0) is 15.5. The lowest BCUT2D eigenvalue weighted by atomic mass is 9.81. The first-order chi connectivity index (χ1) is 10.1. The Labute approximate surface area is 125 Å². The summed E-state index contributed by atoms with van der Waals surface area (Å²) in [6.07, 6.45) is 2.09. The number of hydrogen-bond donors (Lipinski definition) is 1. The van der Waals surface area contributed by atoms with Gasteiger partial charge >= 0.3 is 0 Å². The second-order valence-electron chi connectivity index (χ2n) is 5.76. The van der Waals surface area contributed by atoms with Gasteiger partial charge in [-0.2, -0.15) is 0 Å². The van der Waals surface area contributed by atoms with E-state index in [1.54, 1.807) is 0 Å². The van der Waals surface area contributed by atoms with Crippen LogP contribution in [-0.4, -0.2) is 34.5 Å². The Morgan fingerprint density at radius 3 is 2.29 bits per heavy atom. The molecule has 1 aromatic carbocycles. The summed E-state index contributed by atoms with van der Waals surface area (Å²) in [7, 11) is 0. The van der Waals surface area contributed by atoms with Crippen molar-refractivity contribution in [1.82, 2.24) is 4.90 Å². The van der Waals surface area contributed by atoms with E-state index in [0.717, 1.165) is 5.56 Å². The zero-order valence-electron chi connectivity index (χ0n) is 12.7. The predicted molar refractivity (Wildman–Crippen MR) is 80.5 cm³/mol. The highest BCUT2D eigenvalue weighted by Crippen LogP contribution is 2.40. The monoisotopic (exact) mass is 289 g/mol. The SMILES string of the molecule is CCC1(CC)CC(=O)N([C@H](CO)Cc2ccccc2)C1=O. The third-order valence-corrected chi connectivity index (χ3v) is 4.67. The molecule has 1 saturated heterocycles. The van der Waals surface area contributed by atoms with Gasteiger partial charge in [0, 0.05) is 6.42 Å². The second-order valence-corrected chi connectivity index (χ2v) is 5.76. The maximum absolute atomic E-state index is 12.7. The molecule has 1 N–H and O–H groups in total. The normalized spacial score (nSPS) is 19.1. The highest BCUT2D eigenvalue weighted by Gasteiger charge is 2.50. The minimum Gasteiger partial charge on any atom is -0.394 e. The molecular formula is C17H23NO3. The van der Waals surface area contributed by atoms with Crippen molar-refractivity contribution < 1.29 is 14.7 Å². The van der Waals surface area contributed by atoms with Gasteiger partial charge in [0.25, 0.3) is 0 Å². The number of likely N-dealkylation sites (tertiary alicyclic amines) is 1. The summed E-state index contributed by atoms with van der Waals surface area (Å²) >= 11 is 0. The van der Waals surface area contributed by atoms with E-state index >= 15 is 0 Å². The van der Waals surface area contributed by atoms with Crippen molar-refractivity contribution >= 4 is 11.8 Å². The number of hydrogen-bond acceptors (Lipinski definition) is 3. The van der Waals surface area contributed by atoms with Crippen LogP contribution in [-0.2, 0) is 16.0 Å². The topological polar surface area (TPSA) is 57.6 Å². The summed E-state index contributed by atoms with van der Waals surface area (Å²) in [5.74, 6) is -0.272. The van der Waals surface area contributed by atoms with E-state index in [2.05, 4.69) is 0 Å². The zero-order valence-corrected chi connectivity index (χ0v) is 12.7. The highest BCUT2D eigenvalue weighted by molar-refractivity contribution is 6.06. The predicted octanol–water partition coefficient (Wildman–Crippen LogP) is 2.16. The number of aliphatic hydroxyl groups is 1. The van der Waals surface area contributed by atoms with Crippen LogP contribution in [0.15, 0.2) is 30.3 Å². The fraction of sp³-hybridized carbons (Fsp3) is 0.529. The molecule has 0 bridgehead atoms. The summed E-state index contributed by atoms with van der Waals surface area (Å²) in [5.41, 5.74) is 0.448. The molecule has 2 rings (SSSR count). The maximum Gasteiger partial charge on any atom is 0.236 e. The molecule has 21 heavy (non-hydrogen) atoms.